The highest BCUT2D eigenvalue weighted by Gasteiger charge is 2.25. The van der Waals surface area contributed by atoms with Crippen LogP contribution in [0, 0.1) is 5.92 Å². The number of carbonyl (C=O) groups excluding carboxylic acids is 1. The van der Waals surface area contributed by atoms with Gasteiger partial charge in [-0.3, -0.25) is 4.79 Å². The summed E-state index contributed by atoms with van der Waals surface area (Å²) >= 11 is 0. The molecule has 0 aromatic heterocycles. The summed E-state index contributed by atoms with van der Waals surface area (Å²) in [5.74, 6) is 0.783. The van der Waals surface area contributed by atoms with Gasteiger partial charge >= 0.3 is 0 Å². The summed E-state index contributed by atoms with van der Waals surface area (Å²) in [5.41, 5.74) is 1.70. The van der Waals surface area contributed by atoms with Crippen LogP contribution in [-0.4, -0.2) is 25.7 Å². The molecule has 0 saturated carbocycles. The van der Waals surface area contributed by atoms with Crippen LogP contribution in [-0.2, 0) is 16.3 Å². The molecule has 0 aliphatic carbocycles. The predicted molar refractivity (Wildman–Crippen MR) is 71.5 cm³/mol. The van der Waals surface area contributed by atoms with Gasteiger partial charge in [0.25, 0.3) is 0 Å². The minimum absolute atomic E-state index is 0.0456. The highest BCUT2D eigenvalue weighted by atomic mass is 32.2. The molecule has 4 heteroatoms. The summed E-state index contributed by atoms with van der Waals surface area (Å²) < 4.78 is 23.2. The summed E-state index contributed by atoms with van der Waals surface area (Å²) in [7, 11) is -2.87. The summed E-state index contributed by atoms with van der Waals surface area (Å²) in [5, 5.41) is 0. The first-order chi connectivity index (χ1) is 8.48. The van der Waals surface area contributed by atoms with E-state index in [1.807, 2.05) is 24.3 Å². The lowest BCUT2D eigenvalue weighted by molar-refractivity contribution is 0.101. The van der Waals surface area contributed by atoms with Crippen LogP contribution in [0.15, 0.2) is 24.3 Å². The van der Waals surface area contributed by atoms with E-state index in [0.717, 1.165) is 24.0 Å². The Balaban J connectivity index is 2.17. The van der Waals surface area contributed by atoms with Crippen LogP contribution in [0.25, 0.3) is 0 Å². The Morgan fingerprint density at radius 3 is 2.72 bits per heavy atom. The molecular weight excluding hydrogens is 248 g/mol. The van der Waals surface area contributed by atoms with Crippen molar-refractivity contribution in [1.29, 1.82) is 0 Å². The number of hydrogen-bond acceptors (Lipinski definition) is 3. The van der Waals surface area contributed by atoms with Crippen molar-refractivity contribution in [2.45, 2.75) is 26.2 Å². The third-order valence-electron chi connectivity index (χ3n) is 3.46. The van der Waals surface area contributed by atoms with Crippen LogP contribution >= 0.6 is 0 Å². The van der Waals surface area contributed by atoms with Gasteiger partial charge in [-0.2, -0.15) is 0 Å². The van der Waals surface area contributed by atoms with E-state index in [0.29, 0.717) is 12.2 Å². The maximum atomic E-state index is 11.6. The third kappa shape index (κ3) is 3.19. The number of hydrogen-bond donors (Lipinski definition) is 0. The Morgan fingerprint density at radius 2 is 2.06 bits per heavy atom. The van der Waals surface area contributed by atoms with Crippen molar-refractivity contribution < 1.29 is 13.2 Å². The molecule has 0 amide bonds. The second kappa shape index (κ2) is 5.22. The van der Waals surface area contributed by atoms with E-state index in [4.69, 9.17) is 0 Å². The minimum Gasteiger partial charge on any atom is -0.295 e. The number of ketones is 1. The van der Waals surface area contributed by atoms with E-state index in [1.54, 1.807) is 6.92 Å². The largest absolute Gasteiger partial charge is 0.295 e. The third-order valence-corrected chi connectivity index (χ3v) is 5.35. The molecule has 0 N–H and O–H groups in total. The average Bonchev–Trinajstić information content (AvgIpc) is 2.28. The zero-order valence-electron chi connectivity index (χ0n) is 10.6. The fourth-order valence-electron chi connectivity index (χ4n) is 2.63. The molecule has 1 fully saturated rings. The van der Waals surface area contributed by atoms with Gasteiger partial charge in [-0.25, -0.2) is 8.42 Å². The van der Waals surface area contributed by atoms with Crippen LogP contribution in [0.1, 0.15) is 35.7 Å². The van der Waals surface area contributed by atoms with Crippen molar-refractivity contribution in [2.75, 3.05) is 11.5 Å². The molecule has 3 nitrogen and oxygen atoms in total. The molecule has 18 heavy (non-hydrogen) atoms. The molecule has 1 unspecified atom stereocenters. The van der Waals surface area contributed by atoms with E-state index >= 15 is 0 Å². The Labute approximate surface area is 108 Å². The lowest BCUT2D eigenvalue weighted by Crippen LogP contribution is -2.26. The van der Waals surface area contributed by atoms with Gasteiger partial charge < -0.3 is 0 Å². The molecule has 1 aliphatic rings. The van der Waals surface area contributed by atoms with Gasteiger partial charge in [-0.1, -0.05) is 24.3 Å². The molecule has 1 aromatic carbocycles. The number of rotatable bonds is 3. The van der Waals surface area contributed by atoms with Crippen LogP contribution in [0.3, 0.4) is 0 Å². The van der Waals surface area contributed by atoms with Gasteiger partial charge in [0.1, 0.15) is 0 Å². The Kier molecular flexibility index (Phi) is 3.85. The van der Waals surface area contributed by atoms with E-state index in [1.165, 1.54) is 0 Å². The molecule has 0 spiro atoms. The fourth-order valence-corrected chi connectivity index (χ4v) is 4.41. The Morgan fingerprint density at radius 1 is 1.33 bits per heavy atom. The quantitative estimate of drug-likeness (QED) is 0.788. The predicted octanol–water partition coefficient (Wildman–Crippen LogP) is 2.26. The summed E-state index contributed by atoms with van der Waals surface area (Å²) in [4.78, 5) is 11.5. The molecule has 98 valence electrons. The van der Waals surface area contributed by atoms with Crippen molar-refractivity contribution in [1.82, 2.24) is 0 Å². The highest BCUT2D eigenvalue weighted by Crippen LogP contribution is 2.24. The molecule has 0 bridgehead atoms. The summed E-state index contributed by atoms with van der Waals surface area (Å²) in [6.45, 7) is 1.55. The van der Waals surface area contributed by atoms with Crippen molar-refractivity contribution in [3.8, 4) is 0 Å². The van der Waals surface area contributed by atoms with Gasteiger partial charge in [0.2, 0.25) is 0 Å². The first-order valence-electron chi connectivity index (χ1n) is 6.27. The average molecular weight is 266 g/mol. The van der Waals surface area contributed by atoms with Crippen molar-refractivity contribution >= 4 is 15.6 Å². The van der Waals surface area contributed by atoms with Crippen molar-refractivity contribution in [2.24, 2.45) is 5.92 Å². The molecular formula is C14H18O3S. The van der Waals surface area contributed by atoms with E-state index in [9.17, 15) is 13.2 Å². The minimum atomic E-state index is -2.87. The molecule has 1 aliphatic heterocycles. The van der Waals surface area contributed by atoms with Gasteiger partial charge in [0.15, 0.2) is 15.6 Å². The van der Waals surface area contributed by atoms with Crippen LogP contribution in [0.2, 0.25) is 0 Å². The smallest absolute Gasteiger partial charge is 0.160 e. The second-order valence-electron chi connectivity index (χ2n) is 5.04. The Bertz CT molecular complexity index is 546. The number of carbonyl (C=O) groups is 1. The molecule has 1 atom stereocenters. The van der Waals surface area contributed by atoms with Crippen molar-refractivity contribution in [3.05, 3.63) is 35.4 Å². The number of sulfone groups is 1. The maximum absolute atomic E-state index is 11.6. The van der Waals surface area contributed by atoms with E-state index in [2.05, 4.69) is 0 Å². The second-order valence-corrected chi connectivity index (χ2v) is 7.27. The molecule has 1 aromatic rings. The van der Waals surface area contributed by atoms with Crippen molar-refractivity contribution in [3.63, 3.8) is 0 Å². The maximum Gasteiger partial charge on any atom is 0.160 e. The van der Waals surface area contributed by atoms with E-state index < -0.39 is 9.84 Å². The highest BCUT2D eigenvalue weighted by molar-refractivity contribution is 7.91. The zero-order chi connectivity index (χ0) is 13.2. The Hall–Kier alpha value is -1.16. The van der Waals surface area contributed by atoms with Crippen LogP contribution < -0.4 is 0 Å². The van der Waals surface area contributed by atoms with Gasteiger partial charge in [0.05, 0.1) is 11.5 Å². The fraction of sp³-hybridized carbons (Fsp3) is 0.500. The lowest BCUT2D eigenvalue weighted by atomic mass is 9.92. The molecule has 0 radical (unpaired) electrons. The monoisotopic (exact) mass is 266 g/mol. The number of benzene rings is 1. The molecule has 1 heterocycles. The standard InChI is InChI=1S/C14H18O3S/c1-11(15)14-7-3-2-6-13(14)9-12-5-4-8-18(16,17)10-12/h2-3,6-7,12H,4-5,8-10H2,1H3. The van der Waals surface area contributed by atoms with Gasteiger partial charge in [-0.15, -0.1) is 0 Å². The SMILES string of the molecule is CC(=O)c1ccccc1CC1CCCS(=O)(=O)C1. The van der Waals surface area contributed by atoms with Crippen LogP contribution in [0.4, 0.5) is 0 Å². The number of Topliss-reactive ketones (excluding diaryl/α,β-unsaturated/α-hetero) is 1. The molecule has 1 saturated heterocycles. The normalized spacial score (nSPS) is 22.6. The lowest BCUT2D eigenvalue weighted by Gasteiger charge is -2.22. The first kappa shape index (κ1) is 13.3. The first-order valence-corrected chi connectivity index (χ1v) is 8.09. The van der Waals surface area contributed by atoms with Gasteiger partial charge in [-0.05, 0) is 37.7 Å². The molecule has 2 rings (SSSR count). The van der Waals surface area contributed by atoms with Crippen LogP contribution in [0.5, 0.6) is 0 Å². The summed E-state index contributed by atoms with van der Waals surface area (Å²) in [6.07, 6.45) is 2.37. The summed E-state index contributed by atoms with van der Waals surface area (Å²) in [6, 6.07) is 7.49. The van der Waals surface area contributed by atoms with Gasteiger partial charge in [0, 0.05) is 5.56 Å². The zero-order valence-corrected chi connectivity index (χ0v) is 11.4. The van der Waals surface area contributed by atoms with E-state index in [-0.39, 0.29) is 17.5 Å². The topological polar surface area (TPSA) is 51.2 Å².